The normalized spacial score (nSPS) is 13.6. The Bertz CT molecular complexity index is 1270. The number of carbonyl (C=O) groups excluding carboxylic acids is 1. The molecule has 0 N–H and O–H groups in total. The summed E-state index contributed by atoms with van der Waals surface area (Å²) in [5.74, 6) is 1.58. The summed E-state index contributed by atoms with van der Waals surface area (Å²) >= 11 is 0. The van der Waals surface area contributed by atoms with Crippen LogP contribution in [-0.2, 0) is 25.8 Å². The van der Waals surface area contributed by atoms with E-state index in [0.717, 1.165) is 41.6 Å². The first-order chi connectivity index (χ1) is 15.0. The maximum absolute atomic E-state index is 13.4. The first-order valence-electron chi connectivity index (χ1n) is 10.6. The molecule has 4 heterocycles. The van der Waals surface area contributed by atoms with E-state index in [1.54, 1.807) is 4.52 Å². The molecule has 31 heavy (non-hydrogen) atoms. The van der Waals surface area contributed by atoms with Gasteiger partial charge in [0.1, 0.15) is 17.0 Å². The molecule has 1 aliphatic rings. The van der Waals surface area contributed by atoms with E-state index in [4.69, 9.17) is 9.40 Å². The molecule has 0 spiro atoms. The highest BCUT2D eigenvalue weighted by Crippen LogP contribution is 2.24. The lowest BCUT2D eigenvalue weighted by molar-refractivity contribution is 0.0729. The van der Waals surface area contributed by atoms with Gasteiger partial charge < -0.3 is 9.32 Å². The van der Waals surface area contributed by atoms with Crippen molar-refractivity contribution in [1.29, 1.82) is 0 Å². The van der Waals surface area contributed by atoms with Crippen molar-refractivity contribution in [2.45, 2.75) is 46.6 Å². The fourth-order valence-electron chi connectivity index (χ4n) is 4.26. The topological polar surface area (TPSA) is 76.5 Å². The minimum Gasteiger partial charge on any atom is -0.445 e. The Balaban J connectivity index is 1.36. The van der Waals surface area contributed by atoms with Crippen molar-refractivity contribution in [2.75, 3.05) is 6.54 Å². The third-order valence-corrected chi connectivity index (χ3v) is 5.81. The molecule has 5 rings (SSSR count). The fraction of sp³-hybridized carbons (Fsp3) is 0.333. The van der Waals surface area contributed by atoms with Crippen molar-refractivity contribution < 1.29 is 9.21 Å². The van der Waals surface area contributed by atoms with E-state index < -0.39 is 0 Å². The average Bonchev–Trinajstić information content (AvgIpc) is 3.32. The molecular formula is C24H25N5O2. The van der Waals surface area contributed by atoms with Gasteiger partial charge in [-0.25, -0.2) is 14.5 Å². The van der Waals surface area contributed by atoms with E-state index >= 15 is 0 Å². The number of nitrogens with zero attached hydrogens (tertiary/aromatic N) is 5. The number of carbonyl (C=O) groups is 1. The number of oxazole rings is 1. The van der Waals surface area contributed by atoms with E-state index in [1.165, 1.54) is 5.56 Å². The van der Waals surface area contributed by atoms with Crippen LogP contribution in [0, 0.1) is 20.8 Å². The first kappa shape index (κ1) is 19.5. The van der Waals surface area contributed by atoms with Crippen LogP contribution >= 0.6 is 0 Å². The maximum atomic E-state index is 13.4. The molecule has 0 bridgehead atoms. The standard InChI is InChI=1S/C24H25N5O2/c1-15-13-16(2)29-23(25-15)22(17(3)27-29)24(30)28-12-11-20-19(14-28)26-21(31-20)10-9-18-7-5-4-6-8-18/h4-8,13H,9-12,14H2,1-3H3. The van der Waals surface area contributed by atoms with E-state index in [1.807, 2.05) is 49.9 Å². The molecule has 158 valence electrons. The average molecular weight is 415 g/mol. The highest BCUT2D eigenvalue weighted by molar-refractivity contribution is 6.01. The van der Waals surface area contributed by atoms with Gasteiger partial charge in [0.25, 0.3) is 5.91 Å². The second-order valence-corrected chi connectivity index (χ2v) is 8.17. The molecule has 3 aromatic heterocycles. The van der Waals surface area contributed by atoms with Crippen molar-refractivity contribution in [2.24, 2.45) is 0 Å². The van der Waals surface area contributed by atoms with E-state index in [2.05, 4.69) is 22.2 Å². The minimum absolute atomic E-state index is 0.0514. The Labute approximate surface area is 180 Å². The largest absolute Gasteiger partial charge is 0.445 e. The molecule has 0 radical (unpaired) electrons. The van der Waals surface area contributed by atoms with E-state index in [0.29, 0.717) is 36.4 Å². The van der Waals surface area contributed by atoms with Crippen molar-refractivity contribution in [3.8, 4) is 0 Å². The second-order valence-electron chi connectivity index (χ2n) is 8.17. The number of fused-ring (bicyclic) bond motifs is 2. The van der Waals surface area contributed by atoms with Gasteiger partial charge in [0.2, 0.25) is 0 Å². The fourth-order valence-corrected chi connectivity index (χ4v) is 4.26. The summed E-state index contributed by atoms with van der Waals surface area (Å²) in [6.07, 6.45) is 2.30. The third kappa shape index (κ3) is 3.60. The molecule has 0 aliphatic carbocycles. The third-order valence-electron chi connectivity index (χ3n) is 5.81. The van der Waals surface area contributed by atoms with Crippen LogP contribution in [-0.4, -0.2) is 36.9 Å². The van der Waals surface area contributed by atoms with Crippen LogP contribution in [0.3, 0.4) is 0 Å². The number of benzene rings is 1. The number of hydrogen-bond donors (Lipinski definition) is 0. The van der Waals surface area contributed by atoms with E-state index in [-0.39, 0.29) is 5.91 Å². The highest BCUT2D eigenvalue weighted by Gasteiger charge is 2.29. The molecule has 7 nitrogen and oxygen atoms in total. The van der Waals surface area contributed by atoms with Crippen molar-refractivity contribution >= 4 is 11.6 Å². The molecule has 0 saturated heterocycles. The Morgan fingerprint density at radius 1 is 1.10 bits per heavy atom. The van der Waals surface area contributed by atoms with Crippen LogP contribution < -0.4 is 0 Å². The van der Waals surface area contributed by atoms with Gasteiger partial charge in [-0.2, -0.15) is 5.10 Å². The van der Waals surface area contributed by atoms with Gasteiger partial charge in [-0.05, 0) is 38.8 Å². The van der Waals surface area contributed by atoms with Crippen LogP contribution in [0.1, 0.15) is 50.3 Å². The molecule has 1 aliphatic heterocycles. The number of aryl methyl sites for hydroxylation is 5. The van der Waals surface area contributed by atoms with E-state index in [9.17, 15) is 4.79 Å². The zero-order valence-electron chi connectivity index (χ0n) is 18.1. The van der Waals surface area contributed by atoms with Crippen molar-refractivity contribution in [1.82, 2.24) is 24.5 Å². The van der Waals surface area contributed by atoms with Crippen LogP contribution in [0.2, 0.25) is 0 Å². The molecule has 0 atom stereocenters. The van der Waals surface area contributed by atoms with Crippen molar-refractivity contribution in [3.05, 3.63) is 82.0 Å². The number of rotatable bonds is 4. The molecule has 1 amide bonds. The molecule has 0 fully saturated rings. The second kappa shape index (κ2) is 7.65. The quantitative estimate of drug-likeness (QED) is 0.509. The zero-order valence-corrected chi connectivity index (χ0v) is 18.1. The van der Waals surface area contributed by atoms with Crippen LogP contribution in [0.4, 0.5) is 0 Å². The smallest absolute Gasteiger partial charge is 0.259 e. The number of hydrogen-bond acceptors (Lipinski definition) is 5. The molecule has 0 saturated carbocycles. The Kier molecular flexibility index (Phi) is 4.81. The van der Waals surface area contributed by atoms with Gasteiger partial charge in [-0.3, -0.25) is 4.79 Å². The predicted octanol–water partition coefficient (Wildman–Crippen LogP) is 3.63. The summed E-state index contributed by atoms with van der Waals surface area (Å²) in [7, 11) is 0. The highest BCUT2D eigenvalue weighted by atomic mass is 16.4. The SMILES string of the molecule is Cc1cc(C)n2nc(C)c(C(=O)N3CCc4oc(CCc5ccccc5)nc4C3)c2n1. The lowest BCUT2D eigenvalue weighted by atomic mass is 10.1. The number of amides is 1. The molecular weight excluding hydrogens is 390 g/mol. The lowest BCUT2D eigenvalue weighted by Crippen LogP contribution is -2.36. The van der Waals surface area contributed by atoms with Crippen LogP contribution in [0.5, 0.6) is 0 Å². The maximum Gasteiger partial charge on any atom is 0.259 e. The summed E-state index contributed by atoms with van der Waals surface area (Å²) in [5, 5.41) is 4.54. The minimum atomic E-state index is -0.0514. The molecule has 0 unspecified atom stereocenters. The summed E-state index contributed by atoms with van der Waals surface area (Å²) in [6, 6.07) is 12.3. The van der Waals surface area contributed by atoms with Gasteiger partial charge in [-0.15, -0.1) is 0 Å². The Morgan fingerprint density at radius 3 is 2.71 bits per heavy atom. The zero-order chi connectivity index (χ0) is 21.5. The van der Waals surface area contributed by atoms with Crippen LogP contribution in [0.15, 0.2) is 40.8 Å². The summed E-state index contributed by atoms with van der Waals surface area (Å²) in [6.45, 7) is 6.82. The Hall–Kier alpha value is -3.48. The molecule has 4 aromatic rings. The first-order valence-corrected chi connectivity index (χ1v) is 10.6. The monoisotopic (exact) mass is 415 g/mol. The Morgan fingerprint density at radius 2 is 1.90 bits per heavy atom. The van der Waals surface area contributed by atoms with Gasteiger partial charge in [0, 0.05) is 30.8 Å². The van der Waals surface area contributed by atoms with Crippen molar-refractivity contribution in [3.63, 3.8) is 0 Å². The summed E-state index contributed by atoms with van der Waals surface area (Å²) in [5.41, 5.74) is 5.84. The lowest BCUT2D eigenvalue weighted by Gasteiger charge is -2.25. The molecule has 1 aromatic carbocycles. The van der Waals surface area contributed by atoms with Gasteiger partial charge in [0.05, 0.1) is 12.2 Å². The van der Waals surface area contributed by atoms with Gasteiger partial charge >= 0.3 is 0 Å². The van der Waals surface area contributed by atoms with Gasteiger partial charge in [0.15, 0.2) is 11.5 Å². The number of aromatic nitrogens is 4. The summed E-state index contributed by atoms with van der Waals surface area (Å²) in [4.78, 5) is 24.5. The summed E-state index contributed by atoms with van der Waals surface area (Å²) < 4.78 is 7.75. The predicted molar refractivity (Wildman–Crippen MR) is 116 cm³/mol. The molecule has 7 heteroatoms. The van der Waals surface area contributed by atoms with Crippen LogP contribution in [0.25, 0.3) is 5.65 Å². The van der Waals surface area contributed by atoms with Gasteiger partial charge in [-0.1, -0.05) is 30.3 Å².